The van der Waals surface area contributed by atoms with Crippen LogP contribution >= 0.6 is 11.8 Å². The minimum Gasteiger partial charge on any atom is -0.493 e. The Morgan fingerprint density at radius 2 is 1.94 bits per heavy atom. The molecule has 4 rings (SSSR count). The van der Waals surface area contributed by atoms with Crippen molar-refractivity contribution < 1.29 is 23.8 Å². The number of rotatable bonds is 7. The SMILES string of the molecule is CCOC(=O)C1=C(C)N=C2SC=C(CC(=O)N3CCCC3)N2[C@@H]1c1cccc(OC)c1OC. The fraction of sp³-hybridized carbons (Fsp3) is 0.458. The van der Waals surface area contributed by atoms with Gasteiger partial charge in [0.05, 0.1) is 44.6 Å². The lowest BCUT2D eigenvalue weighted by molar-refractivity contribution is -0.139. The summed E-state index contributed by atoms with van der Waals surface area (Å²) in [6.45, 7) is 5.42. The van der Waals surface area contributed by atoms with Crippen LogP contribution in [0.1, 0.15) is 44.7 Å². The first-order valence-corrected chi connectivity index (χ1v) is 12.0. The second-order valence-electron chi connectivity index (χ2n) is 7.96. The van der Waals surface area contributed by atoms with Crippen molar-refractivity contribution in [2.45, 2.75) is 39.2 Å². The fourth-order valence-electron chi connectivity index (χ4n) is 4.49. The number of carbonyl (C=O) groups excluding carboxylic acids is 2. The van der Waals surface area contributed by atoms with Gasteiger partial charge in [-0.1, -0.05) is 23.9 Å². The van der Waals surface area contributed by atoms with Crippen LogP contribution in [0.15, 0.2) is 45.6 Å². The Morgan fingerprint density at radius 1 is 1.18 bits per heavy atom. The normalized spacial score (nSPS) is 19.8. The largest absolute Gasteiger partial charge is 0.493 e. The number of amidine groups is 1. The number of carbonyl (C=O) groups is 2. The third kappa shape index (κ3) is 4.34. The number of benzene rings is 1. The summed E-state index contributed by atoms with van der Waals surface area (Å²) in [6, 6.07) is 5.02. The molecule has 0 unspecified atom stereocenters. The maximum atomic E-state index is 13.1. The van der Waals surface area contributed by atoms with E-state index in [1.807, 2.05) is 40.3 Å². The highest BCUT2D eigenvalue weighted by molar-refractivity contribution is 8.16. The lowest BCUT2D eigenvalue weighted by atomic mass is 9.92. The van der Waals surface area contributed by atoms with E-state index in [0.717, 1.165) is 42.4 Å². The lowest BCUT2D eigenvalue weighted by Crippen LogP contribution is -2.38. The van der Waals surface area contributed by atoms with Gasteiger partial charge in [-0.15, -0.1) is 0 Å². The summed E-state index contributed by atoms with van der Waals surface area (Å²) in [5.74, 6) is 0.740. The van der Waals surface area contributed by atoms with Gasteiger partial charge < -0.3 is 24.0 Å². The molecule has 33 heavy (non-hydrogen) atoms. The highest BCUT2D eigenvalue weighted by atomic mass is 32.2. The van der Waals surface area contributed by atoms with Crippen LogP contribution in [0.4, 0.5) is 0 Å². The quantitative estimate of drug-likeness (QED) is 0.559. The summed E-state index contributed by atoms with van der Waals surface area (Å²) in [7, 11) is 3.15. The first kappa shape index (κ1) is 23.2. The molecule has 8 nitrogen and oxygen atoms in total. The molecule has 1 fully saturated rings. The Balaban J connectivity index is 1.79. The number of hydrogen-bond donors (Lipinski definition) is 0. The average molecular weight is 472 g/mol. The number of nitrogens with zero attached hydrogens (tertiary/aromatic N) is 3. The molecule has 0 aliphatic carbocycles. The van der Waals surface area contributed by atoms with Gasteiger partial charge in [-0.2, -0.15) is 0 Å². The summed E-state index contributed by atoms with van der Waals surface area (Å²) in [5, 5.41) is 2.67. The van der Waals surface area contributed by atoms with Crippen LogP contribution in [-0.2, 0) is 14.3 Å². The van der Waals surface area contributed by atoms with E-state index in [-0.39, 0.29) is 18.9 Å². The molecular weight excluding hydrogens is 442 g/mol. The molecule has 1 saturated heterocycles. The third-order valence-electron chi connectivity index (χ3n) is 6.02. The predicted molar refractivity (Wildman–Crippen MR) is 127 cm³/mol. The van der Waals surface area contributed by atoms with Gasteiger partial charge in [-0.05, 0) is 38.2 Å². The van der Waals surface area contributed by atoms with E-state index in [4.69, 9.17) is 19.2 Å². The van der Waals surface area contributed by atoms with Crippen molar-refractivity contribution in [1.29, 1.82) is 0 Å². The third-order valence-corrected chi connectivity index (χ3v) is 6.90. The topological polar surface area (TPSA) is 80.7 Å². The molecule has 3 aliphatic rings. The number of fused-ring (bicyclic) bond motifs is 1. The zero-order chi connectivity index (χ0) is 23.5. The van der Waals surface area contributed by atoms with Gasteiger partial charge >= 0.3 is 5.97 Å². The summed E-state index contributed by atoms with van der Waals surface area (Å²) in [6.07, 6.45) is 2.31. The number of amides is 1. The number of ether oxygens (including phenoxy) is 3. The highest BCUT2D eigenvalue weighted by Gasteiger charge is 2.43. The van der Waals surface area contributed by atoms with E-state index < -0.39 is 12.0 Å². The molecule has 0 N–H and O–H groups in total. The Bertz CT molecular complexity index is 1040. The van der Waals surface area contributed by atoms with Gasteiger partial charge in [0, 0.05) is 24.4 Å². The number of aliphatic imine (C=N–C) groups is 1. The van der Waals surface area contributed by atoms with Gasteiger partial charge in [0.15, 0.2) is 16.7 Å². The second kappa shape index (κ2) is 9.91. The Labute approximate surface area is 198 Å². The van der Waals surface area contributed by atoms with Gasteiger partial charge in [0.1, 0.15) is 0 Å². The van der Waals surface area contributed by atoms with Crippen LogP contribution in [0.3, 0.4) is 0 Å². The number of methoxy groups -OCH3 is 2. The number of likely N-dealkylation sites (tertiary alicyclic amines) is 1. The Morgan fingerprint density at radius 3 is 2.61 bits per heavy atom. The monoisotopic (exact) mass is 471 g/mol. The van der Waals surface area contributed by atoms with Crippen LogP contribution in [0.25, 0.3) is 0 Å². The maximum absolute atomic E-state index is 13.1. The standard InChI is InChI=1S/C24H29N3O5S/c1-5-32-23(29)20-15(2)25-24-27(16(14-33-24)13-19(28)26-11-6-7-12-26)21(20)17-9-8-10-18(30-3)22(17)31-4/h8-10,14,21H,5-7,11-13H2,1-4H3/t21-/m1/s1. The van der Waals surface area contributed by atoms with Gasteiger partial charge in [0.2, 0.25) is 5.91 Å². The molecule has 176 valence electrons. The van der Waals surface area contributed by atoms with Crippen molar-refractivity contribution in [3.63, 3.8) is 0 Å². The van der Waals surface area contributed by atoms with E-state index in [0.29, 0.717) is 22.8 Å². The zero-order valence-electron chi connectivity index (χ0n) is 19.4. The molecule has 1 amide bonds. The molecule has 3 aliphatic heterocycles. The van der Waals surface area contributed by atoms with Gasteiger partial charge in [-0.3, -0.25) is 4.79 Å². The molecule has 9 heteroatoms. The Kier molecular flexibility index (Phi) is 6.97. The molecular formula is C24H29N3O5S. The molecule has 0 bridgehead atoms. The minimum absolute atomic E-state index is 0.0842. The average Bonchev–Trinajstić information content (AvgIpc) is 3.48. The van der Waals surface area contributed by atoms with E-state index >= 15 is 0 Å². The first-order valence-electron chi connectivity index (χ1n) is 11.1. The van der Waals surface area contributed by atoms with E-state index in [1.165, 1.54) is 11.8 Å². The van der Waals surface area contributed by atoms with Crippen LogP contribution in [-0.4, -0.2) is 60.8 Å². The molecule has 1 aromatic rings. The summed E-state index contributed by atoms with van der Waals surface area (Å²) in [5.41, 5.74) is 2.56. The summed E-state index contributed by atoms with van der Waals surface area (Å²) in [4.78, 5) is 34.7. The van der Waals surface area contributed by atoms with Crippen molar-refractivity contribution in [3.8, 4) is 11.5 Å². The summed E-state index contributed by atoms with van der Waals surface area (Å²) < 4.78 is 16.7. The van der Waals surface area contributed by atoms with Crippen molar-refractivity contribution in [2.24, 2.45) is 4.99 Å². The number of allylic oxidation sites excluding steroid dienone is 1. The van der Waals surface area contributed by atoms with Gasteiger partial charge in [0.25, 0.3) is 0 Å². The number of esters is 1. The maximum Gasteiger partial charge on any atom is 0.338 e. The van der Waals surface area contributed by atoms with Crippen LogP contribution < -0.4 is 9.47 Å². The van der Waals surface area contributed by atoms with E-state index in [2.05, 4.69) is 0 Å². The Hall–Kier alpha value is -2.94. The van der Waals surface area contributed by atoms with E-state index in [1.54, 1.807) is 21.1 Å². The zero-order valence-corrected chi connectivity index (χ0v) is 20.2. The van der Waals surface area contributed by atoms with Crippen LogP contribution in [0.5, 0.6) is 11.5 Å². The molecule has 1 atom stereocenters. The molecule has 3 heterocycles. The second-order valence-corrected chi connectivity index (χ2v) is 8.80. The number of hydrogen-bond acceptors (Lipinski definition) is 8. The van der Waals surface area contributed by atoms with Crippen molar-refractivity contribution in [3.05, 3.63) is 46.1 Å². The van der Waals surface area contributed by atoms with E-state index in [9.17, 15) is 9.59 Å². The molecule has 0 spiro atoms. The first-order chi connectivity index (χ1) is 16.0. The molecule has 0 aromatic heterocycles. The van der Waals surface area contributed by atoms with Crippen LogP contribution in [0.2, 0.25) is 0 Å². The van der Waals surface area contributed by atoms with Crippen molar-refractivity contribution >= 4 is 28.8 Å². The summed E-state index contributed by atoms with van der Waals surface area (Å²) >= 11 is 1.46. The predicted octanol–water partition coefficient (Wildman–Crippen LogP) is 3.85. The van der Waals surface area contributed by atoms with Crippen LogP contribution in [0, 0.1) is 0 Å². The van der Waals surface area contributed by atoms with Crippen molar-refractivity contribution in [1.82, 2.24) is 9.80 Å². The fourth-order valence-corrected chi connectivity index (χ4v) is 5.46. The molecule has 0 saturated carbocycles. The molecule has 1 aromatic carbocycles. The molecule has 0 radical (unpaired) electrons. The van der Waals surface area contributed by atoms with Gasteiger partial charge in [-0.25, -0.2) is 9.79 Å². The van der Waals surface area contributed by atoms with Crippen molar-refractivity contribution in [2.75, 3.05) is 33.9 Å². The number of para-hydroxylation sites is 1. The number of thioether (sulfide) groups is 1. The highest BCUT2D eigenvalue weighted by Crippen LogP contribution is 2.48. The lowest BCUT2D eigenvalue weighted by Gasteiger charge is -2.37. The minimum atomic E-state index is -0.561. The smallest absolute Gasteiger partial charge is 0.338 e.